The van der Waals surface area contributed by atoms with Gasteiger partial charge in [-0.1, -0.05) is 25.5 Å². The molecule has 0 spiro atoms. The molecule has 0 aromatic rings. The molecule has 62 valence electrons. The molecule has 0 amide bonds. The van der Waals surface area contributed by atoms with Crippen LogP contribution in [0, 0.1) is 17.8 Å². The van der Waals surface area contributed by atoms with Crippen LogP contribution in [0.3, 0.4) is 0 Å². The molecule has 0 nitrogen and oxygen atoms in total. The van der Waals surface area contributed by atoms with Gasteiger partial charge in [-0.15, -0.1) is 0 Å². The van der Waals surface area contributed by atoms with E-state index >= 15 is 0 Å². The molecule has 3 atom stereocenters. The Morgan fingerprint density at radius 1 is 1.27 bits per heavy atom. The molecular weight excluding hydrogens is 132 g/mol. The van der Waals surface area contributed by atoms with Crippen molar-refractivity contribution >= 4 is 0 Å². The number of hydrogen-bond acceptors (Lipinski definition) is 0. The molecule has 11 heavy (non-hydrogen) atoms. The Labute approximate surface area is 69.7 Å². The topological polar surface area (TPSA) is 0 Å². The molecule has 2 aliphatic carbocycles. The molecule has 0 heterocycles. The van der Waals surface area contributed by atoms with Gasteiger partial charge in [0.15, 0.2) is 0 Å². The lowest BCUT2D eigenvalue weighted by Gasteiger charge is -2.17. The highest BCUT2D eigenvalue weighted by Crippen LogP contribution is 2.48. The summed E-state index contributed by atoms with van der Waals surface area (Å²) in [5.41, 5.74) is 0. The molecular formula is C11H18. The van der Waals surface area contributed by atoms with Gasteiger partial charge in [0, 0.05) is 0 Å². The van der Waals surface area contributed by atoms with Crippen molar-refractivity contribution in [1.29, 1.82) is 0 Å². The first-order valence-electron chi connectivity index (χ1n) is 5.06. The van der Waals surface area contributed by atoms with Crippen LogP contribution in [0.25, 0.3) is 0 Å². The van der Waals surface area contributed by atoms with Gasteiger partial charge in [-0.3, -0.25) is 0 Å². The normalized spacial score (nSPS) is 42.5. The monoisotopic (exact) mass is 150 g/mol. The fraction of sp³-hybridized carbons (Fsp3) is 0.818. The van der Waals surface area contributed by atoms with E-state index in [4.69, 9.17) is 0 Å². The Hall–Kier alpha value is -0.260. The minimum absolute atomic E-state index is 0.966. The minimum Gasteiger partial charge on any atom is -0.0885 e. The smallest absolute Gasteiger partial charge is 0.0202 e. The van der Waals surface area contributed by atoms with E-state index in [-0.39, 0.29) is 0 Å². The van der Waals surface area contributed by atoms with Crippen molar-refractivity contribution in [2.45, 2.75) is 39.0 Å². The molecule has 2 aliphatic rings. The van der Waals surface area contributed by atoms with Gasteiger partial charge in [-0.05, 0) is 43.4 Å². The first-order valence-corrected chi connectivity index (χ1v) is 5.06. The minimum atomic E-state index is 0.966. The first-order chi connectivity index (χ1) is 5.40. The Morgan fingerprint density at radius 3 is 2.73 bits per heavy atom. The van der Waals surface area contributed by atoms with Crippen molar-refractivity contribution in [3.63, 3.8) is 0 Å². The molecule has 0 radical (unpaired) electrons. The van der Waals surface area contributed by atoms with Crippen LogP contribution in [-0.4, -0.2) is 0 Å². The molecule has 0 N–H and O–H groups in total. The molecule has 2 saturated carbocycles. The van der Waals surface area contributed by atoms with E-state index in [1.54, 1.807) is 6.42 Å². The number of hydrogen-bond donors (Lipinski definition) is 0. The second-order valence-corrected chi connectivity index (χ2v) is 4.18. The fourth-order valence-corrected chi connectivity index (χ4v) is 2.84. The summed E-state index contributed by atoms with van der Waals surface area (Å²) >= 11 is 0. The van der Waals surface area contributed by atoms with Crippen molar-refractivity contribution in [2.75, 3.05) is 0 Å². The summed E-state index contributed by atoms with van der Waals surface area (Å²) in [5.74, 6) is 3.14. The highest BCUT2D eigenvalue weighted by Gasteiger charge is 2.37. The third kappa shape index (κ3) is 1.36. The zero-order valence-corrected chi connectivity index (χ0v) is 7.42. The van der Waals surface area contributed by atoms with Crippen LogP contribution in [0.1, 0.15) is 39.0 Å². The number of rotatable bonds is 2. The standard InChI is InChI=1S/C11H18/c1-2-3-4-10-7-9-5-6-11(10)8-9/h3-4,9-11H,2,5-8H2,1H3/b4-3-. The maximum absolute atomic E-state index is 2.48. The molecule has 0 saturated heterocycles. The summed E-state index contributed by atoms with van der Waals surface area (Å²) in [6.45, 7) is 2.23. The lowest BCUT2D eigenvalue weighted by atomic mass is 9.88. The van der Waals surface area contributed by atoms with Crippen molar-refractivity contribution in [1.82, 2.24) is 0 Å². The van der Waals surface area contributed by atoms with E-state index in [2.05, 4.69) is 19.1 Å². The van der Waals surface area contributed by atoms with Gasteiger partial charge in [-0.2, -0.15) is 0 Å². The highest BCUT2D eigenvalue weighted by molar-refractivity contribution is 5.00. The highest BCUT2D eigenvalue weighted by atomic mass is 14.4. The van der Waals surface area contributed by atoms with Crippen molar-refractivity contribution in [3.8, 4) is 0 Å². The average Bonchev–Trinajstić information content (AvgIpc) is 2.60. The average molecular weight is 150 g/mol. The summed E-state index contributed by atoms with van der Waals surface area (Å²) in [6.07, 6.45) is 12.1. The van der Waals surface area contributed by atoms with E-state index in [0.29, 0.717) is 0 Å². The van der Waals surface area contributed by atoms with E-state index < -0.39 is 0 Å². The van der Waals surface area contributed by atoms with Crippen LogP contribution >= 0.6 is 0 Å². The Bertz CT molecular complexity index is 157. The summed E-state index contributed by atoms with van der Waals surface area (Å²) in [6, 6.07) is 0. The lowest BCUT2D eigenvalue weighted by Crippen LogP contribution is -2.06. The predicted octanol–water partition coefficient (Wildman–Crippen LogP) is 3.39. The molecule has 2 bridgehead atoms. The Balaban J connectivity index is 1.92. The van der Waals surface area contributed by atoms with Crippen LogP contribution < -0.4 is 0 Å². The largest absolute Gasteiger partial charge is 0.0885 e. The van der Waals surface area contributed by atoms with Gasteiger partial charge in [0.2, 0.25) is 0 Å². The van der Waals surface area contributed by atoms with Gasteiger partial charge in [0.25, 0.3) is 0 Å². The SMILES string of the molecule is CC/C=C\C1CC2CCC1C2. The lowest BCUT2D eigenvalue weighted by molar-refractivity contribution is 0.394. The van der Waals surface area contributed by atoms with Gasteiger partial charge >= 0.3 is 0 Å². The second kappa shape index (κ2) is 3.00. The van der Waals surface area contributed by atoms with E-state index in [1.165, 1.54) is 25.7 Å². The van der Waals surface area contributed by atoms with Crippen LogP contribution in [0.15, 0.2) is 12.2 Å². The Morgan fingerprint density at radius 2 is 2.18 bits per heavy atom. The maximum Gasteiger partial charge on any atom is -0.0202 e. The molecule has 0 aromatic carbocycles. The van der Waals surface area contributed by atoms with Crippen molar-refractivity contribution < 1.29 is 0 Å². The van der Waals surface area contributed by atoms with Crippen LogP contribution in [-0.2, 0) is 0 Å². The van der Waals surface area contributed by atoms with E-state index in [0.717, 1.165) is 17.8 Å². The zero-order chi connectivity index (χ0) is 7.68. The van der Waals surface area contributed by atoms with Gasteiger partial charge < -0.3 is 0 Å². The van der Waals surface area contributed by atoms with Gasteiger partial charge in [0.05, 0.1) is 0 Å². The number of allylic oxidation sites excluding steroid dienone is 2. The fourth-order valence-electron chi connectivity index (χ4n) is 2.84. The zero-order valence-electron chi connectivity index (χ0n) is 7.42. The molecule has 0 aromatic heterocycles. The molecule has 2 fully saturated rings. The quantitative estimate of drug-likeness (QED) is 0.529. The first kappa shape index (κ1) is 7.39. The van der Waals surface area contributed by atoms with Crippen LogP contribution in [0.2, 0.25) is 0 Å². The van der Waals surface area contributed by atoms with Crippen LogP contribution in [0.4, 0.5) is 0 Å². The van der Waals surface area contributed by atoms with Crippen molar-refractivity contribution in [2.24, 2.45) is 17.8 Å². The van der Waals surface area contributed by atoms with Gasteiger partial charge in [-0.25, -0.2) is 0 Å². The third-order valence-corrected chi connectivity index (χ3v) is 3.41. The predicted molar refractivity (Wildman–Crippen MR) is 48.4 cm³/mol. The third-order valence-electron chi connectivity index (χ3n) is 3.41. The summed E-state index contributed by atoms with van der Waals surface area (Å²) in [4.78, 5) is 0. The summed E-state index contributed by atoms with van der Waals surface area (Å²) in [7, 11) is 0. The molecule has 2 rings (SSSR count). The van der Waals surface area contributed by atoms with Crippen molar-refractivity contribution in [3.05, 3.63) is 12.2 Å². The molecule has 0 aliphatic heterocycles. The maximum atomic E-state index is 2.48. The van der Waals surface area contributed by atoms with E-state index in [1.807, 2.05) is 0 Å². The van der Waals surface area contributed by atoms with Gasteiger partial charge in [0.1, 0.15) is 0 Å². The van der Waals surface area contributed by atoms with E-state index in [9.17, 15) is 0 Å². The number of fused-ring (bicyclic) bond motifs is 2. The second-order valence-electron chi connectivity index (χ2n) is 4.18. The summed E-state index contributed by atoms with van der Waals surface area (Å²) < 4.78 is 0. The molecule has 3 unspecified atom stereocenters. The van der Waals surface area contributed by atoms with Crippen LogP contribution in [0.5, 0.6) is 0 Å². The Kier molecular flexibility index (Phi) is 2.02. The molecule has 0 heteroatoms. The summed E-state index contributed by atoms with van der Waals surface area (Å²) in [5, 5.41) is 0.